The van der Waals surface area contributed by atoms with Gasteiger partial charge in [-0.1, -0.05) is 61.9 Å². The number of hydrogen-bond donors (Lipinski definition) is 1. The number of aryl methyl sites for hydroxylation is 1. The Morgan fingerprint density at radius 2 is 1.38 bits per heavy atom. The minimum Gasteiger partial charge on any atom is -0.507 e. The Kier molecular flexibility index (Phi) is 6.67. The maximum absolute atomic E-state index is 13.7. The van der Waals surface area contributed by atoms with E-state index in [2.05, 4.69) is 6.92 Å². The average molecular weight is 448 g/mol. The van der Waals surface area contributed by atoms with Crippen LogP contribution in [-0.2, 0) is 11.0 Å². The van der Waals surface area contributed by atoms with Gasteiger partial charge in [-0.25, -0.2) is 0 Å². The van der Waals surface area contributed by atoms with Crippen LogP contribution in [0.4, 0.5) is 0 Å². The summed E-state index contributed by atoms with van der Waals surface area (Å²) in [4.78, 5) is 0. The lowest BCUT2D eigenvalue weighted by atomic mass is 10.0. The lowest BCUT2D eigenvalue weighted by Gasteiger charge is -2.20. The van der Waals surface area contributed by atoms with Crippen LogP contribution in [0.2, 0.25) is 0 Å². The molecule has 0 heterocycles. The third-order valence-corrected chi connectivity index (χ3v) is 6.26. The highest BCUT2D eigenvalue weighted by atomic mass is 31.2. The minimum absolute atomic E-state index is 0.133. The van der Waals surface area contributed by atoms with E-state index in [0.29, 0.717) is 28.0 Å². The summed E-state index contributed by atoms with van der Waals surface area (Å²) in [5.74, 6) is 1.15. The van der Waals surface area contributed by atoms with Gasteiger partial charge in [-0.2, -0.15) is 4.57 Å². The number of benzene rings is 4. The van der Waals surface area contributed by atoms with Crippen LogP contribution in [-0.4, -0.2) is 5.11 Å². The quantitative estimate of drug-likeness (QED) is 0.268. The zero-order valence-electron chi connectivity index (χ0n) is 17.8. The number of phosphoric acid groups is 1. The summed E-state index contributed by atoms with van der Waals surface area (Å²) in [6.45, 7) is 2.14. The highest BCUT2D eigenvalue weighted by Crippen LogP contribution is 2.51. The molecular weight excluding hydrogens is 423 g/mol. The first-order valence-corrected chi connectivity index (χ1v) is 12.1. The zero-order valence-corrected chi connectivity index (χ0v) is 18.7. The molecule has 0 atom stereocenters. The van der Waals surface area contributed by atoms with Gasteiger partial charge in [0.15, 0.2) is 0 Å². The van der Waals surface area contributed by atoms with Crippen molar-refractivity contribution in [3.63, 3.8) is 0 Å². The molecule has 6 heteroatoms. The van der Waals surface area contributed by atoms with E-state index in [-0.39, 0.29) is 5.75 Å². The topological polar surface area (TPSA) is 65.0 Å². The summed E-state index contributed by atoms with van der Waals surface area (Å²) < 4.78 is 31.1. The number of phenolic OH excluding ortho intramolecular Hbond substituents is 1. The van der Waals surface area contributed by atoms with Crippen molar-refractivity contribution >= 4 is 18.6 Å². The fourth-order valence-corrected chi connectivity index (χ4v) is 4.64. The van der Waals surface area contributed by atoms with Crippen molar-refractivity contribution in [2.75, 3.05) is 0 Å². The van der Waals surface area contributed by atoms with E-state index >= 15 is 0 Å². The Balaban J connectivity index is 1.71. The Morgan fingerprint density at radius 3 is 1.97 bits per heavy atom. The first-order chi connectivity index (χ1) is 15.6. The number of fused-ring (bicyclic) bond motifs is 1. The zero-order chi connectivity index (χ0) is 22.4. The summed E-state index contributed by atoms with van der Waals surface area (Å²) in [5, 5.41) is 11.7. The molecule has 0 aliphatic rings. The van der Waals surface area contributed by atoms with Gasteiger partial charge in [0.05, 0.1) is 0 Å². The summed E-state index contributed by atoms with van der Waals surface area (Å²) in [6.07, 6.45) is 3.07. The lowest BCUT2D eigenvalue weighted by molar-refractivity contribution is 0.299. The molecule has 1 N–H and O–H groups in total. The molecule has 0 aliphatic carbocycles. The summed E-state index contributed by atoms with van der Waals surface area (Å²) >= 11 is 0. The van der Waals surface area contributed by atoms with Crippen LogP contribution in [0.25, 0.3) is 10.8 Å². The summed E-state index contributed by atoms with van der Waals surface area (Å²) in [6, 6.07) is 26.4. The fraction of sp³-hybridized carbons (Fsp3) is 0.154. The number of para-hydroxylation sites is 2. The number of aromatic hydroxyl groups is 1. The predicted molar refractivity (Wildman–Crippen MR) is 127 cm³/mol. The molecule has 0 bridgehead atoms. The van der Waals surface area contributed by atoms with E-state index in [1.54, 1.807) is 54.6 Å². The van der Waals surface area contributed by atoms with Crippen LogP contribution in [0, 0.1) is 0 Å². The number of phosphoric ester groups is 1. The largest absolute Gasteiger partial charge is 0.647 e. The molecule has 164 valence electrons. The summed E-state index contributed by atoms with van der Waals surface area (Å²) in [7, 11) is -4.12. The van der Waals surface area contributed by atoms with Crippen molar-refractivity contribution in [1.82, 2.24) is 0 Å². The number of hydrogen-bond acceptors (Lipinski definition) is 5. The normalized spacial score (nSPS) is 11.3. The van der Waals surface area contributed by atoms with Gasteiger partial charge in [0, 0.05) is 10.8 Å². The third kappa shape index (κ3) is 5.24. The van der Waals surface area contributed by atoms with E-state index in [1.165, 1.54) is 6.07 Å². The van der Waals surface area contributed by atoms with E-state index < -0.39 is 7.82 Å². The van der Waals surface area contributed by atoms with Crippen LogP contribution in [0.5, 0.6) is 23.0 Å². The second-order valence-electron chi connectivity index (χ2n) is 7.41. The van der Waals surface area contributed by atoms with Crippen molar-refractivity contribution in [1.29, 1.82) is 0 Å². The average Bonchev–Trinajstić information content (AvgIpc) is 2.81. The molecule has 4 aromatic rings. The van der Waals surface area contributed by atoms with Crippen molar-refractivity contribution in [2.45, 2.75) is 26.2 Å². The molecule has 0 fully saturated rings. The van der Waals surface area contributed by atoms with Gasteiger partial charge in [0.1, 0.15) is 23.0 Å². The standard InChI is InChI=1S/C26H25O5P/c1-2-3-10-20-15-16-23-24(19-20)25(27)17-18-26(23)31-32(28,29-21-11-6-4-7-12-21)30-22-13-8-5-9-14-22/h4-9,11-19,27H,2-3,10H2,1H3. The maximum Gasteiger partial charge on any atom is 0.647 e. The van der Waals surface area contributed by atoms with Gasteiger partial charge in [0.2, 0.25) is 0 Å². The second-order valence-corrected chi connectivity index (χ2v) is 8.86. The van der Waals surface area contributed by atoms with Crippen molar-refractivity contribution in [2.24, 2.45) is 0 Å². The Morgan fingerprint density at radius 1 is 0.750 bits per heavy atom. The van der Waals surface area contributed by atoms with E-state index in [4.69, 9.17) is 13.6 Å². The number of unbranched alkanes of at least 4 members (excludes halogenated alkanes) is 1. The second kappa shape index (κ2) is 9.80. The molecule has 32 heavy (non-hydrogen) atoms. The van der Waals surface area contributed by atoms with Gasteiger partial charge < -0.3 is 18.7 Å². The fourth-order valence-electron chi connectivity index (χ4n) is 3.37. The molecule has 0 amide bonds. The molecule has 0 radical (unpaired) electrons. The van der Waals surface area contributed by atoms with Crippen LogP contribution < -0.4 is 13.6 Å². The molecule has 0 unspecified atom stereocenters. The Hall–Kier alpha value is -3.43. The lowest BCUT2D eigenvalue weighted by Crippen LogP contribution is -2.07. The van der Waals surface area contributed by atoms with Crippen LogP contribution in [0.3, 0.4) is 0 Å². The van der Waals surface area contributed by atoms with Gasteiger partial charge >= 0.3 is 7.82 Å². The van der Waals surface area contributed by atoms with E-state index in [9.17, 15) is 9.67 Å². The Labute approximate surface area is 187 Å². The molecule has 0 saturated heterocycles. The van der Waals surface area contributed by atoms with Crippen molar-refractivity contribution < 1.29 is 23.2 Å². The molecule has 0 saturated carbocycles. The van der Waals surface area contributed by atoms with Gasteiger partial charge in [-0.05, 0) is 60.9 Å². The van der Waals surface area contributed by atoms with Gasteiger partial charge in [-0.3, -0.25) is 0 Å². The Bertz CT molecular complexity index is 1180. The molecule has 4 rings (SSSR count). The van der Waals surface area contributed by atoms with Crippen LogP contribution in [0.15, 0.2) is 91.0 Å². The van der Waals surface area contributed by atoms with Gasteiger partial charge in [-0.15, -0.1) is 0 Å². The SMILES string of the molecule is CCCCc1ccc2c(OP(=O)(Oc3ccccc3)Oc3ccccc3)ccc(O)c2c1. The third-order valence-electron chi connectivity index (χ3n) is 4.97. The van der Waals surface area contributed by atoms with E-state index in [0.717, 1.165) is 24.8 Å². The highest BCUT2D eigenvalue weighted by Gasteiger charge is 2.34. The van der Waals surface area contributed by atoms with Gasteiger partial charge in [0.25, 0.3) is 0 Å². The van der Waals surface area contributed by atoms with Crippen molar-refractivity contribution in [3.8, 4) is 23.0 Å². The molecule has 5 nitrogen and oxygen atoms in total. The number of rotatable bonds is 9. The summed E-state index contributed by atoms with van der Waals surface area (Å²) in [5.41, 5.74) is 1.12. The van der Waals surface area contributed by atoms with Crippen LogP contribution in [0.1, 0.15) is 25.3 Å². The van der Waals surface area contributed by atoms with Crippen LogP contribution >= 0.6 is 7.82 Å². The minimum atomic E-state index is -4.12. The molecular formula is C26H25O5P. The molecule has 0 spiro atoms. The molecule has 0 aliphatic heterocycles. The smallest absolute Gasteiger partial charge is 0.507 e. The highest BCUT2D eigenvalue weighted by molar-refractivity contribution is 7.49. The maximum atomic E-state index is 13.7. The van der Waals surface area contributed by atoms with E-state index in [1.807, 2.05) is 30.3 Å². The monoisotopic (exact) mass is 448 g/mol. The first-order valence-electron chi connectivity index (χ1n) is 10.6. The molecule has 0 aromatic heterocycles. The predicted octanol–water partition coefficient (Wildman–Crippen LogP) is 7.53. The first kappa shape index (κ1) is 21.8. The number of phenols is 1. The van der Waals surface area contributed by atoms with Crippen molar-refractivity contribution in [3.05, 3.63) is 96.6 Å². The molecule has 4 aromatic carbocycles.